The van der Waals surface area contributed by atoms with Gasteiger partial charge in [-0.15, -0.1) is 11.3 Å². The quantitative estimate of drug-likeness (QED) is 0.448. The van der Waals surface area contributed by atoms with Crippen molar-refractivity contribution in [1.29, 1.82) is 0 Å². The lowest BCUT2D eigenvalue weighted by molar-refractivity contribution is -0.136. The van der Waals surface area contributed by atoms with Crippen molar-refractivity contribution in [2.24, 2.45) is 0 Å². The van der Waals surface area contributed by atoms with E-state index < -0.39 is 6.10 Å². The standard InChI is InChI=1S/C25H36N2O5S/c1-19-6-4-7-21(14-19)32-18-23-22-9-13-33-24(22)8-11-27(23)25(29)16-26(10-5-12-30-2)15-20(28)17-31-3/h4,6-7,9,13-14,20,23,28H,5,8,10-12,15-18H2,1-3H3/t20-,23+/m1/s1. The van der Waals surface area contributed by atoms with Crippen molar-refractivity contribution in [2.45, 2.75) is 31.9 Å². The fourth-order valence-corrected chi connectivity index (χ4v) is 5.18. The van der Waals surface area contributed by atoms with E-state index in [-0.39, 0.29) is 25.1 Å². The molecule has 1 amide bonds. The summed E-state index contributed by atoms with van der Waals surface area (Å²) in [5, 5.41) is 12.3. The Kier molecular flexibility index (Phi) is 10.1. The van der Waals surface area contributed by atoms with Gasteiger partial charge in [-0.3, -0.25) is 9.69 Å². The van der Waals surface area contributed by atoms with Gasteiger partial charge >= 0.3 is 0 Å². The number of hydrogen-bond acceptors (Lipinski definition) is 7. The van der Waals surface area contributed by atoms with Crippen molar-refractivity contribution in [1.82, 2.24) is 9.80 Å². The van der Waals surface area contributed by atoms with Crippen LogP contribution in [0.3, 0.4) is 0 Å². The van der Waals surface area contributed by atoms with Crippen LogP contribution in [0, 0.1) is 6.92 Å². The minimum atomic E-state index is -0.643. The first kappa shape index (κ1) is 25.6. The molecule has 2 atom stereocenters. The zero-order valence-corrected chi connectivity index (χ0v) is 20.7. The van der Waals surface area contributed by atoms with E-state index in [1.807, 2.05) is 41.0 Å². The van der Waals surface area contributed by atoms with Crippen LogP contribution in [-0.2, 0) is 20.7 Å². The highest BCUT2D eigenvalue weighted by molar-refractivity contribution is 7.10. The smallest absolute Gasteiger partial charge is 0.237 e. The lowest BCUT2D eigenvalue weighted by Crippen LogP contribution is -2.48. The van der Waals surface area contributed by atoms with Crippen LogP contribution in [0.15, 0.2) is 35.7 Å². The van der Waals surface area contributed by atoms with Crippen molar-refractivity contribution >= 4 is 17.2 Å². The molecule has 0 saturated heterocycles. The average Bonchev–Trinajstić information content (AvgIpc) is 3.27. The molecule has 1 aromatic carbocycles. The number of ether oxygens (including phenoxy) is 3. The molecular weight excluding hydrogens is 440 g/mol. The summed E-state index contributed by atoms with van der Waals surface area (Å²) >= 11 is 1.74. The van der Waals surface area contributed by atoms with Crippen LogP contribution in [0.25, 0.3) is 0 Å². The molecule has 2 aromatic rings. The molecule has 0 aliphatic carbocycles. The number of aliphatic hydroxyl groups is 1. The van der Waals surface area contributed by atoms with Crippen LogP contribution >= 0.6 is 11.3 Å². The van der Waals surface area contributed by atoms with E-state index in [2.05, 4.69) is 11.4 Å². The van der Waals surface area contributed by atoms with Crippen LogP contribution in [0.2, 0.25) is 0 Å². The van der Waals surface area contributed by atoms with Crippen LogP contribution in [0.4, 0.5) is 0 Å². The van der Waals surface area contributed by atoms with Crippen LogP contribution in [-0.4, -0.2) is 87.1 Å². The summed E-state index contributed by atoms with van der Waals surface area (Å²) in [6, 6.07) is 9.97. The minimum absolute atomic E-state index is 0.0479. The molecule has 0 fully saturated rings. The fourth-order valence-electron chi connectivity index (χ4n) is 4.25. The Morgan fingerprint density at radius 3 is 2.91 bits per heavy atom. The SMILES string of the molecule is COCCCN(CC(=O)N1CCc2sccc2[C@@H]1COc1cccc(C)c1)C[C@@H](O)COC. The zero-order chi connectivity index (χ0) is 23.6. The van der Waals surface area contributed by atoms with Gasteiger partial charge in [0.05, 0.1) is 25.3 Å². The van der Waals surface area contributed by atoms with E-state index in [1.165, 1.54) is 10.4 Å². The number of aryl methyl sites for hydroxylation is 1. The summed E-state index contributed by atoms with van der Waals surface area (Å²) < 4.78 is 16.4. The van der Waals surface area contributed by atoms with E-state index in [9.17, 15) is 9.90 Å². The number of methoxy groups -OCH3 is 2. The summed E-state index contributed by atoms with van der Waals surface area (Å²) in [7, 11) is 3.23. The van der Waals surface area contributed by atoms with Gasteiger partial charge in [0, 0.05) is 45.3 Å². The molecule has 8 heteroatoms. The van der Waals surface area contributed by atoms with E-state index in [4.69, 9.17) is 14.2 Å². The third-order valence-corrected chi connectivity index (χ3v) is 6.82. The molecule has 3 rings (SSSR count). The molecule has 182 valence electrons. The molecule has 33 heavy (non-hydrogen) atoms. The number of benzene rings is 1. The number of nitrogens with zero attached hydrogens (tertiary/aromatic N) is 2. The molecule has 0 bridgehead atoms. The van der Waals surface area contributed by atoms with Gasteiger partial charge in [-0.1, -0.05) is 12.1 Å². The fraction of sp³-hybridized carbons (Fsp3) is 0.560. The summed E-state index contributed by atoms with van der Waals surface area (Å²) in [6.07, 6.45) is 1.00. The Hall–Kier alpha value is -1.97. The number of carbonyl (C=O) groups is 1. The van der Waals surface area contributed by atoms with Gasteiger partial charge in [0.1, 0.15) is 12.4 Å². The van der Waals surface area contributed by atoms with Crippen LogP contribution < -0.4 is 4.74 Å². The van der Waals surface area contributed by atoms with E-state index in [1.54, 1.807) is 25.6 Å². The Balaban J connectivity index is 1.70. The number of hydrogen-bond donors (Lipinski definition) is 1. The second kappa shape index (κ2) is 13.1. The minimum Gasteiger partial charge on any atom is -0.491 e. The topological polar surface area (TPSA) is 71.5 Å². The summed E-state index contributed by atoms with van der Waals surface area (Å²) in [5.41, 5.74) is 2.32. The maximum Gasteiger partial charge on any atom is 0.237 e. The maximum atomic E-state index is 13.5. The third kappa shape index (κ3) is 7.52. The molecule has 1 aliphatic rings. The first-order chi connectivity index (χ1) is 16.0. The van der Waals surface area contributed by atoms with Crippen LogP contribution in [0.1, 0.15) is 28.5 Å². The van der Waals surface area contributed by atoms with Gasteiger partial charge < -0.3 is 24.2 Å². The molecule has 0 radical (unpaired) electrons. The maximum absolute atomic E-state index is 13.5. The van der Waals surface area contributed by atoms with Crippen molar-refractivity contribution in [3.8, 4) is 5.75 Å². The molecule has 0 saturated carbocycles. The summed E-state index contributed by atoms with van der Waals surface area (Å²) in [6.45, 7) is 5.26. The number of thiophene rings is 1. The van der Waals surface area contributed by atoms with E-state index in [0.717, 1.165) is 24.2 Å². The molecule has 1 aromatic heterocycles. The average molecular weight is 477 g/mol. The van der Waals surface area contributed by atoms with Crippen LogP contribution in [0.5, 0.6) is 5.75 Å². The van der Waals surface area contributed by atoms with Crippen molar-refractivity contribution in [3.63, 3.8) is 0 Å². The first-order valence-corrected chi connectivity index (χ1v) is 12.3. The summed E-state index contributed by atoms with van der Waals surface area (Å²) in [4.78, 5) is 18.7. The number of rotatable bonds is 13. The normalized spacial score (nSPS) is 16.6. The molecule has 1 aliphatic heterocycles. The predicted octanol–water partition coefficient (Wildman–Crippen LogP) is 2.91. The van der Waals surface area contributed by atoms with E-state index in [0.29, 0.717) is 32.8 Å². The predicted molar refractivity (Wildman–Crippen MR) is 130 cm³/mol. The highest BCUT2D eigenvalue weighted by atomic mass is 32.1. The molecule has 1 N–H and O–H groups in total. The number of fused-ring (bicyclic) bond motifs is 1. The number of aliphatic hydroxyl groups excluding tert-OH is 1. The second-order valence-electron chi connectivity index (χ2n) is 8.47. The highest BCUT2D eigenvalue weighted by Crippen LogP contribution is 2.34. The van der Waals surface area contributed by atoms with Crippen molar-refractivity contribution in [3.05, 3.63) is 51.7 Å². The molecule has 0 unspecified atom stereocenters. The van der Waals surface area contributed by atoms with Gasteiger partial charge in [-0.2, -0.15) is 0 Å². The van der Waals surface area contributed by atoms with Gasteiger partial charge in [0.15, 0.2) is 0 Å². The van der Waals surface area contributed by atoms with Gasteiger partial charge in [-0.25, -0.2) is 0 Å². The summed E-state index contributed by atoms with van der Waals surface area (Å²) in [5.74, 6) is 0.861. The number of carbonyl (C=O) groups excluding carboxylic acids is 1. The molecular formula is C25H36N2O5S. The lowest BCUT2D eigenvalue weighted by atomic mass is 10.0. The molecule has 0 spiro atoms. The largest absolute Gasteiger partial charge is 0.491 e. The van der Waals surface area contributed by atoms with Crippen molar-refractivity contribution < 1.29 is 24.1 Å². The van der Waals surface area contributed by atoms with E-state index >= 15 is 0 Å². The third-order valence-electron chi connectivity index (χ3n) is 5.82. The Bertz CT molecular complexity index is 874. The van der Waals surface area contributed by atoms with Crippen molar-refractivity contribution in [2.75, 3.05) is 60.2 Å². The van der Waals surface area contributed by atoms with Gasteiger partial charge in [0.25, 0.3) is 0 Å². The number of amides is 1. The van der Waals surface area contributed by atoms with Gasteiger partial charge in [0.2, 0.25) is 5.91 Å². The molecule has 2 heterocycles. The monoisotopic (exact) mass is 476 g/mol. The Morgan fingerprint density at radius 2 is 2.15 bits per heavy atom. The lowest BCUT2D eigenvalue weighted by Gasteiger charge is -2.37. The Labute approximate surface area is 200 Å². The highest BCUT2D eigenvalue weighted by Gasteiger charge is 2.33. The first-order valence-electron chi connectivity index (χ1n) is 11.4. The van der Waals surface area contributed by atoms with Gasteiger partial charge in [-0.05, 0) is 54.5 Å². The second-order valence-corrected chi connectivity index (χ2v) is 9.47. The zero-order valence-electron chi connectivity index (χ0n) is 19.9. The molecule has 7 nitrogen and oxygen atoms in total. The Morgan fingerprint density at radius 1 is 1.30 bits per heavy atom.